The Kier molecular flexibility index (Phi) is 5.89. The minimum absolute atomic E-state index is 0.210. The Morgan fingerprint density at radius 2 is 1.86 bits per heavy atom. The van der Waals surface area contributed by atoms with Crippen LogP contribution in [0.15, 0.2) is 35.2 Å². The minimum atomic E-state index is -0.745. The van der Waals surface area contributed by atoms with E-state index in [0.717, 1.165) is 27.4 Å². The van der Waals surface area contributed by atoms with Gasteiger partial charge in [-0.2, -0.15) is 0 Å². The lowest BCUT2D eigenvalue weighted by Crippen LogP contribution is -2.36. The Bertz CT molecular complexity index is 981. The number of imide groups is 1. The van der Waals surface area contributed by atoms with Crippen LogP contribution in [0.25, 0.3) is 16.8 Å². The largest absolute Gasteiger partial charge is 0.494 e. The summed E-state index contributed by atoms with van der Waals surface area (Å²) in [6.45, 7) is 4.30. The van der Waals surface area contributed by atoms with Crippen molar-refractivity contribution in [2.24, 2.45) is 5.73 Å². The third-order valence-electron chi connectivity index (χ3n) is 4.07. The van der Waals surface area contributed by atoms with E-state index < -0.39 is 23.6 Å². The number of benzene rings is 2. The maximum absolute atomic E-state index is 12.6. The van der Waals surface area contributed by atoms with Gasteiger partial charge in [-0.1, -0.05) is 12.1 Å². The van der Waals surface area contributed by atoms with Gasteiger partial charge in [-0.05, 0) is 60.7 Å². The fourth-order valence-corrected chi connectivity index (χ4v) is 3.73. The van der Waals surface area contributed by atoms with E-state index in [9.17, 15) is 14.4 Å². The van der Waals surface area contributed by atoms with Crippen LogP contribution in [0.3, 0.4) is 0 Å². The number of nitrogens with two attached hydrogens (primary N) is 1. The highest BCUT2D eigenvalue weighted by atomic mass is 32.2. The van der Waals surface area contributed by atoms with Crippen molar-refractivity contribution in [2.75, 3.05) is 19.8 Å². The molecule has 1 fully saturated rings. The van der Waals surface area contributed by atoms with Crippen LogP contribution < -0.4 is 15.2 Å². The third-order valence-corrected chi connectivity index (χ3v) is 4.98. The maximum Gasteiger partial charge on any atom is 0.294 e. The molecule has 0 unspecified atom stereocenters. The van der Waals surface area contributed by atoms with Crippen LogP contribution in [0.4, 0.5) is 4.79 Å². The standard InChI is InChI=1S/C20H20N2O5S/c1-3-26-13-7-5-12-6-8-16(27-4-2)15(14(12)9-13)10-17-19(24)22(11-18(21)23)20(25)28-17/h5-10H,3-4,11H2,1-2H3,(H2,21,23)/b17-10-. The molecule has 0 aliphatic carbocycles. The van der Waals surface area contributed by atoms with Gasteiger partial charge in [0.05, 0.1) is 18.1 Å². The Hall–Kier alpha value is -3.00. The van der Waals surface area contributed by atoms with E-state index in [2.05, 4.69) is 0 Å². The van der Waals surface area contributed by atoms with Crippen molar-refractivity contribution in [1.82, 2.24) is 4.90 Å². The van der Waals surface area contributed by atoms with Crippen molar-refractivity contribution < 1.29 is 23.9 Å². The number of rotatable bonds is 7. The van der Waals surface area contributed by atoms with Crippen LogP contribution >= 0.6 is 11.8 Å². The van der Waals surface area contributed by atoms with Crippen molar-refractivity contribution in [2.45, 2.75) is 13.8 Å². The average Bonchev–Trinajstić information content (AvgIpc) is 2.91. The van der Waals surface area contributed by atoms with E-state index in [1.165, 1.54) is 0 Å². The molecule has 0 aromatic heterocycles. The molecule has 1 heterocycles. The number of carbonyl (C=O) groups excluding carboxylic acids is 3. The zero-order chi connectivity index (χ0) is 20.3. The summed E-state index contributed by atoms with van der Waals surface area (Å²) in [5.74, 6) is -0.00948. The van der Waals surface area contributed by atoms with Crippen LogP contribution in [-0.4, -0.2) is 41.7 Å². The molecule has 0 radical (unpaired) electrons. The molecule has 1 aliphatic heterocycles. The van der Waals surface area contributed by atoms with E-state index in [-0.39, 0.29) is 4.91 Å². The summed E-state index contributed by atoms with van der Waals surface area (Å²) >= 11 is 0.772. The second-order valence-electron chi connectivity index (χ2n) is 5.96. The molecule has 0 atom stereocenters. The monoisotopic (exact) mass is 400 g/mol. The molecule has 146 valence electrons. The molecule has 0 saturated carbocycles. The number of fused-ring (bicyclic) bond motifs is 1. The van der Waals surface area contributed by atoms with Gasteiger partial charge in [0.15, 0.2) is 0 Å². The van der Waals surface area contributed by atoms with Gasteiger partial charge in [0.25, 0.3) is 11.1 Å². The van der Waals surface area contributed by atoms with E-state index in [0.29, 0.717) is 30.3 Å². The van der Waals surface area contributed by atoms with Crippen LogP contribution in [0.5, 0.6) is 11.5 Å². The number of thioether (sulfide) groups is 1. The van der Waals surface area contributed by atoms with Crippen molar-refractivity contribution in [3.63, 3.8) is 0 Å². The molecule has 3 amide bonds. The fourth-order valence-electron chi connectivity index (χ4n) is 2.91. The third kappa shape index (κ3) is 3.96. The predicted molar refractivity (Wildman–Crippen MR) is 108 cm³/mol. The van der Waals surface area contributed by atoms with Gasteiger partial charge in [0, 0.05) is 5.56 Å². The van der Waals surface area contributed by atoms with Gasteiger partial charge in [-0.25, -0.2) is 0 Å². The molecule has 2 N–H and O–H groups in total. The number of ether oxygens (including phenoxy) is 2. The van der Waals surface area contributed by atoms with E-state index in [1.807, 2.05) is 44.2 Å². The van der Waals surface area contributed by atoms with Crippen LogP contribution in [0.2, 0.25) is 0 Å². The van der Waals surface area contributed by atoms with Crippen molar-refractivity contribution in [3.8, 4) is 11.5 Å². The first-order valence-corrected chi connectivity index (χ1v) is 9.62. The zero-order valence-electron chi connectivity index (χ0n) is 15.6. The molecule has 3 rings (SSSR count). The van der Waals surface area contributed by atoms with Crippen LogP contribution in [-0.2, 0) is 9.59 Å². The number of primary amides is 1. The molecule has 2 aromatic carbocycles. The lowest BCUT2D eigenvalue weighted by Gasteiger charge is -2.13. The molecule has 8 heteroatoms. The number of hydrogen-bond acceptors (Lipinski definition) is 6. The zero-order valence-corrected chi connectivity index (χ0v) is 16.4. The molecular weight excluding hydrogens is 380 g/mol. The molecule has 0 spiro atoms. The number of nitrogens with zero attached hydrogens (tertiary/aromatic N) is 1. The quantitative estimate of drug-likeness (QED) is 0.717. The lowest BCUT2D eigenvalue weighted by atomic mass is 10.0. The Morgan fingerprint density at radius 1 is 1.14 bits per heavy atom. The van der Waals surface area contributed by atoms with Gasteiger partial charge in [-0.3, -0.25) is 19.3 Å². The molecule has 1 saturated heterocycles. The Balaban J connectivity index is 2.12. The van der Waals surface area contributed by atoms with Crippen LogP contribution in [0, 0.1) is 0 Å². The fraction of sp³-hybridized carbons (Fsp3) is 0.250. The Labute approximate surface area is 166 Å². The minimum Gasteiger partial charge on any atom is -0.494 e. The highest BCUT2D eigenvalue weighted by Crippen LogP contribution is 2.37. The summed E-state index contributed by atoms with van der Waals surface area (Å²) in [7, 11) is 0. The van der Waals surface area contributed by atoms with Gasteiger partial charge >= 0.3 is 0 Å². The first-order chi connectivity index (χ1) is 13.4. The first kappa shape index (κ1) is 19.8. The number of amides is 3. The highest BCUT2D eigenvalue weighted by Gasteiger charge is 2.36. The smallest absolute Gasteiger partial charge is 0.294 e. The normalized spacial score (nSPS) is 15.5. The predicted octanol–water partition coefficient (Wildman–Crippen LogP) is 3.16. The van der Waals surface area contributed by atoms with Gasteiger partial charge in [0.1, 0.15) is 18.0 Å². The molecule has 28 heavy (non-hydrogen) atoms. The molecule has 7 nitrogen and oxygen atoms in total. The van der Waals surface area contributed by atoms with Crippen molar-refractivity contribution in [3.05, 3.63) is 40.8 Å². The SMILES string of the molecule is CCOc1ccc2ccc(OCC)c(/C=C3\SC(=O)N(CC(N)=O)C3=O)c2c1. The second kappa shape index (κ2) is 8.35. The summed E-state index contributed by atoms with van der Waals surface area (Å²) in [4.78, 5) is 36.9. The summed E-state index contributed by atoms with van der Waals surface area (Å²) in [6, 6.07) is 9.42. The Morgan fingerprint density at radius 3 is 2.54 bits per heavy atom. The topological polar surface area (TPSA) is 98.9 Å². The van der Waals surface area contributed by atoms with Crippen molar-refractivity contribution in [1.29, 1.82) is 0 Å². The summed E-state index contributed by atoms with van der Waals surface area (Å²) in [5, 5.41) is 1.25. The summed E-state index contributed by atoms with van der Waals surface area (Å²) in [6.07, 6.45) is 1.62. The average molecular weight is 400 g/mol. The number of hydrogen-bond donors (Lipinski definition) is 1. The lowest BCUT2D eigenvalue weighted by molar-refractivity contribution is -0.127. The van der Waals surface area contributed by atoms with Gasteiger partial charge in [-0.15, -0.1) is 0 Å². The molecule has 0 bridgehead atoms. The molecular formula is C20H20N2O5S. The first-order valence-electron chi connectivity index (χ1n) is 8.80. The maximum atomic E-state index is 12.6. The summed E-state index contributed by atoms with van der Waals surface area (Å²) in [5.41, 5.74) is 5.80. The van der Waals surface area contributed by atoms with Crippen LogP contribution in [0.1, 0.15) is 19.4 Å². The number of carbonyl (C=O) groups is 3. The van der Waals surface area contributed by atoms with E-state index >= 15 is 0 Å². The second-order valence-corrected chi connectivity index (χ2v) is 6.95. The summed E-state index contributed by atoms with van der Waals surface area (Å²) < 4.78 is 11.3. The van der Waals surface area contributed by atoms with Gasteiger partial charge in [0.2, 0.25) is 5.91 Å². The van der Waals surface area contributed by atoms with E-state index in [1.54, 1.807) is 6.08 Å². The van der Waals surface area contributed by atoms with Gasteiger partial charge < -0.3 is 15.2 Å². The molecule has 1 aliphatic rings. The highest BCUT2D eigenvalue weighted by molar-refractivity contribution is 8.18. The van der Waals surface area contributed by atoms with E-state index in [4.69, 9.17) is 15.2 Å². The van der Waals surface area contributed by atoms with Crippen molar-refractivity contribution >= 4 is 45.7 Å². The molecule has 2 aromatic rings.